The molecular formula is C28H37NO9. The van der Waals surface area contributed by atoms with Crippen molar-refractivity contribution in [2.24, 2.45) is 0 Å². The van der Waals surface area contributed by atoms with E-state index in [-0.39, 0.29) is 25.6 Å². The van der Waals surface area contributed by atoms with Gasteiger partial charge in [-0.2, -0.15) is 0 Å². The fourth-order valence-electron chi connectivity index (χ4n) is 6.41. The Morgan fingerprint density at radius 2 is 1.87 bits per heavy atom. The van der Waals surface area contributed by atoms with Gasteiger partial charge in [0.1, 0.15) is 5.76 Å². The molecule has 1 aliphatic carbocycles. The summed E-state index contributed by atoms with van der Waals surface area (Å²) in [5.41, 5.74) is -1.69. The lowest BCUT2D eigenvalue weighted by Crippen LogP contribution is -2.49. The van der Waals surface area contributed by atoms with Crippen molar-refractivity contribution in [3.05, 3.63) is 35.1 Å². The van der Waals surface area contributed by atoms with Crippen LogP contribution in [0.2, 0.25) is 0 Å². The van der Waals surface area contributed by atoms with Crippen molar-refractivity contribution < 1.29 is 43.5 Å². The maximum absolute atomic E-state index is 13.7. The van der Waals surface area contributed by atoms with Crippen LogP contribution in [0.5, 0.6) is 11.5 Å². The molecule has 38 heavy (non-hydrogen) atoms. The number of carbonyl (C=O) groups is 2. The maximum Gasteiger partial charge on any atom is 0.339 e. The Morgan fingerprint density at radius 1 is 1.13 bits per heavy atom. The highest BCUT2D eigenvalue weighted by Crippen LogP contribution is 2.55. The smallest absolute Gasteiger partial charge is 0.339 e. The van der Waals surface area contributed by atoms with Crippen molar-refractivity contribution in [2.75, 3.05) is 34.1 Å². The molecule has 10 nitrogen and oxygen atoms in total. The summed E-state index contributed by atoms with van der Waals surface area (Å²) >= 11 is 0. The molecule has 0 bridgehead atoms. The van der Waals surface area contributed by atoms with E-state index in [0.29, 0.717) is 17.3 Å². The van der Waals surface area contributed by atoms with Gasteiger partial charge in [0.25, 0.3) is 0 Å². The average molecular weight is 532 g/mol. The first kappa shape index (κ1) is 26.8. The molecule has 5 rings (SSSR count). The molecule has 0 saturated carbocycles. The second-order valence-electron chi connectivity index (χ2n) is 11.4. The van der Waals surface area contributed by atoms with Crippen LogP contribution in [-0.2, 0) is 30.2 Å². The number of hydrogen-bond donors (Lipinski definition) is 2. The van der Waals surface area contributed by atoms with Crippen molar-refractivity contribution in [1.29, 1.82) is 0 Å². The zero-order valence-corrected chi connectivity index (χ0v) is 22.5. The van der Waals surface area contributed by atoms with Crippen molar-refractivity contribution in [3.63, 3.8) is 0 Å². The summed E-state index contributed by atoms with van der Waals surface area (Å²) in [5, 5.41) is 21.7. The Kier molecular flexibility index (Phi) is 6.86. The van der Waals surface area contributed by atoms with E-state index < -0.39 is 41.2 Å². The van der Waals surface area contributed by atoms with E-state index in [1.807, 2.05) is 12.1 Å². The van der Waals surface area contributed by atoms with Gasteiger partial charge in [0.2, 0.25) is 6.79 Å². The molecule has 3 heterocycles. The Balaban J connectivity index is 1.53. The van der Waals surface area contributed by atoms with E-state index >= 15 is 0 Å². The molecule has 4 aliphatic rings. The van der Waals surface area contributed by atoms with Crippen molar-refractivity contribution in [2.45, 2.75) is 81.1 Å². The maximum atomic E-state index is 13.7. The van der Waals surface area contributed by atoms with E-state index in [4.69, 9.17) is 23.7 Å². The summed E-state index contributed by atoms with van der Waals surface area (Å²) in [4.78, 5) is 28.3. The van der Waals surface area contributed by atoms with Crippen molar-refractivity contribution in [1.82, 2.24) is 4.90 Å². The van der Waals surface area contributed by atoms with Crippen molar-refractivity contribution >= 4 is 11.9 Å². The highest BCUT2D eigenvalue weighted by molar-refractivity contribution is 5.86. The number of fused-ring (bicyclic) bond motifs is 3. The summed E-state index contributed by atoms with van der Waals surface area (Å²) < 4.78 is 28.0. The predicted molar refractivity (Wildman–Crippen MR) is 135 cm³/mol. The van der Waals surface area contributed by atoms with Crippen LogP contribution in [0.15, 0.2) is 24.0 Å². The molecule has 1 aromatic carbocycles. The molecule has 1 saturated heterocycles. The monoisotopic (exact) mass is 531 g/mol. The number of benzene rings is 1. The van der Waals surface area contributed by atoms with Crippen LogP contribution in [0.3, 0.4) is 0 Å². The van der Waals surface area contributed by atoms with Gasteiger partial charge >= 0.3 is 11.9 Å². The summed E-state index contributed by atoms with van der Waals surface area (Å²) in [7, 11) is 2.74. The van der Waals surface area contributed by atoms with Gasteiger partial charge in [-0.25, -0.2) is 4.79 Å². The van der Waals surface area contributed by atoms with Crippen LogP contribution in [0.4, 0.5) is 0 Å². The lowest BCUT2D eigenvalue weighted by atomic mass is 9.77. The SMILES string of the molecule is COC(=O)C[C@](O)(CCC(C)(C)O)C(=O)OC1C(OC)=C[C@]23CCCN2CCc2cc4c(cc2[C@H]13)OCO4. The van der Waals surface area contributed by atoms with E-state index in [1.54, 1.807) is 21.0 Å². The molecule has 0 amide bonds. The molecule has 1 aromatic rings. The topological polar surface area (TPSA) is 124 Å². The van der Waals surface area contributed by atoms with Crippen LogP contribution < -0.4 is 9.47 Å². The fourth-order valence-corrected chi connectivity index (χ4v) is 6.41. The minimum Gasteiger partial charge on any atom is -0.497 e. The molecule has 3 aliphatic heterocycles. The Morgan fingerprint density at radius 3 is 2.55 bits per heavy atom. The molecule has 208 valence electrons. The van der Waals surface area contributed by atoms with Gasteiger partial charge in [0, 0.05) is 6.54 Å². The first-order valence-corrected chi connectivity index (χ1v) is 13.2. The minimum absolute atomic E-state index is 0.0701. The Bertz CT molecular complexity index is 1140. The number of aliphatic hydroxyl groups is 2. The van der Waals surface area contributed by atoms with Crippen LogP contribution in [0.25, 0.3) is 0 Å². The van der Waals surface area contributed by atoms with Gasteiger partial charge in [0.15, 0.2) is 23.2 Å². The van der Waals surface area contributed by atoms with Gasteiger partial charge in [0.05, 0.1) is 37.7 Å². The van der Waals surface area contributed by atoms with E-state index in [2.05, 4.69) is 11.0 Å². The minimum atomic E-state index is -2.18. The Hall–Kier alpha value is -2.82. The van der Waals surface area contributed by atoms with E-state index in [9.17, 15) is 19.8 Å². The summed E-state index contributed by atoms with van der Waals surface area (Å²) in [6, 6.07) is 3.99. The van der Waals surface area contributed by atoms with Gasteiger partial charge in [-0.1, -0.05) is 0 Å². The van der Waals surface area contributed by atoms with Gasteiger partial charge in [-0.15, -0.1) is 0 Å². The molecule has 10 heteroatoms. The number of hydrogen-bond acceptors (Lipinski definition) is 10. The highest BCUT2D eigenvalue weighted by atomic mass is 16.7. The number of esters is 2. The van der Waals surface area contributed by atoms with Crippen LogP contribution in [0.1, 0.15) is 63.0 Å². The molecule has 4 atom stereocenters. The number of ether oxygens (including phenoxy) is 5. The van der Waals surface area contributed by atoms with Crippen LogP contribution in [0, 0.1) is 0 Å². The van der Waals surface area contributed by atoms with E-state index in [1.165, 1.54) is 7.11 Å². The molecule has 1 unspecified atom stereocenters. The van der Waals surface area contributed by atoms with Gasteiger partial charge < -0.3 is 33.9 Å². The molecule has 1 fully saturated rings. The predicted octanol–water partition coefficient (Wildman–Crippen LogP) is 2.19. The first-order chi connectivity index (χ1) is 18.0. The highest BCUT2D eigenvalue weighted by Gasteiger charge is 2.59. The Labute approximate surface area is 222 Å². The lowest BCUT2D eigenvalue weighted by Gasteiger charge is -2.39. The van der Waals surface area contributed by atoms with Gasteiger partial charge in [-0.05, 0) is 81.8 Å². The number of carbonyl (C=O) groups excluding carboxylic acids is 2. The number of nitrogens with zero attached hydrogens (tertiary/aromatic N) is 1. The molecule has 1 spiro atoms. The summed E-state index contributed by atoms with van der Waals surface area (Å²) in [6.07, 6.45) is 3.18. The van der Waals surface area contributed by atoms with E-state index in [0.717, 1.165) is 43.5 Å². The average Bonchev–Trinajstić information content (AvgIpc) is 3.56. The largest absolute Gasteiger partial charge is 0.497 e. The normalized spacial score (nSPS) is 27.4. The zero-order chi connectivity index (χ0) is 27.3. The standard InChI is InChI=1S/C28H37NO9/c1-26(2,32)8-9-28(33,15-22(30)35-4)25(31)38-24-21(34-3)14-27-7-5-10-29(27)11-6-17-12-19-20(37-16-36-19)13-18(17)23(24)27/h12-14,23-24,32-33H,5-11,15-16H2,1-4H3/t23-,24?,27+,28-/m1/s1. The second-order valence-corrected chi connectivity index (χ2v) is 11.4. The lowest BCUT2D eigenvalue weighted by molar-refractivity contribution is -0.179. The fraction of sp³-hybridized carbons (Fsp3) is 0.643. The zero-order valence-electron chi connectivity index (χ0n) is 22.5. The summed E-state index contributed by atoms with van der Waals surface area (Å²) in [6.45, 7) is 5.04. The third-order valence-electron chi connectivity index (χ3n) is 8.39. The number of rotatable bonds is 8. The van der Waals surface area contributed by atoms with Gasteiger partial charge in [-0.3, -0.25) is 9.69 Å². The third kappa shape index (κ3) is 4.63. The third-order valence-corrected chi connectivity index (χ3v) is 8.39. The second kappa shape index (κ2) is 9.73. The summed E-state index contributed by atoms with van der Waals surface area (Å²) in [5.74, 6) is -0.163. The molecule has 0 aromatic heterocycles. The van der Waals surface area contributed by atoms with Crippen molar-refractivity contribution in [3.8, 4) is 11.5 Å². The van der Waals surface area contributed by atoms with Crippen LogP contribution >= 0.6 is 0 Å². The first-order valence-electron chi connectivity index (χ1n) is 13.2. The molecular weight excluding hydrogens is 494 g/mol. The molecule has 0 radical (unpaired) electrons. The number of methoxy groups -OCH3 is 2. The quantitative estimate of drug-likeness (QED) is 0.483. The molecule has 2 N–H and O–H groups in total. The van der Waals surface area contributed by atoms with Crippen LogP contribution in [-0.4, -0.2) is 84.0 Å².